The van der Waals surface area contributed by atoms with Crippen molar-refractivity contribution >= 4 is 29.1 Å². The summed E-state index contributed by atoms with van der Waals surface area (Å²) in [5.74, 6) is -0.651. The number of aromatic hydroxyl groups is 1. The van der Waals surface area contributed by atoms with E-state index >= 15 is 0 Å². The van der Waals surface area contributed by atoms with Gasteiger partial charge in [0.1, 0.15) is 10.8 Å². The highest BCUT2D eigenvalue weighted by atomic mass is 35.5. The van der Waals surface area contributed by atoms with Crippen molar-refractivity contribution in [2.75, 3.05) is 7.05 Å². The Morgan fingerprint density at radius 3 is 2.67 bits per heavy atom. The van der Waals surface area contributed by atoms with E-state index < -0.39 is 0 Å². The molecule has 1 aromatic carbocycles. The second-order valence-electron chi connectivity index (χ2n) is 4.64. The molecule has 110 valence electrons. The monoisotopic (exact) mass is 324 g/mol. The molecule has 2 rings (SSSR count). The third-order valence-electron chi connectivity index (χ3n) is 3.37. The van der Waals surface area contributed by atoms with E-state index in [1.54, 1.807) is 25.5 Å². The van der Waals surface area contributed by atoms with Crippen LogP contribution in [0.15, 0.2) is 36.7 Å². The molecule has 0 radical (unpaired) electrons. The number of carbonyl (C=O) groups excluding carboxylic acids is 1. The molecule has 0 bridgehead atoms. The normalized spacial score (nSPS) is 12.0. The maximum absolute atomic E-state index is 12.5. The molecule has 4 nitrogen and oxygen atoms in total. The Bertz CT molecular complexity index is 662. The van der Waals surface area contributed by atoms with Gasteiger partial charge in [-0.1, -0.05) is 29.3 Å². The van der Waals surface area contributed by atoms with Gasteiger partial charge in [0, 0.05) is 19.4 Å². The molecule has 0 saturated carbocycles. The first-order valence-electron chi connectivity index (χ1n) is 6.27. The van der Waals surface area contributed by atoms with Crippen molar-refractivity contribution in [1.29, 1.82) is 0 Å². The molecule has 0 aliphatic rings. The molecule has 1 amide bonds. The number of benzene rings is 1. The van der Waals surface area contributed by atoms with E-state index in [1.165, 1.54) is 17.0 Å². The van der Waals surface area contributed by atoms with Crippen molar-refractivity contribution < 1.29 is 9.90 Å². The molecule has 21 heavy (non-hydrogen) atoms. The Labute approximate surface area is 132 Å². The van der Waals surface area contributed by atoms with E-state index in [0.717, 1.165) is 5.56 Å². The summed E-state index contributed by atoms with van der Waals surface area (Å²) in [7, 11) is 1.65. The van der Waals surface area contributed by atoms with E-state index in [9.17, 15) is 9.90 Å². The number of pyridine rings is 1. The quantitative estimate of drug-likeness (QED) is 0.930. The fourth-order valence-electron chi connectivity index (χ4n) is 1.93. The molecule has 0 fully saturated rings. The topological polar surface area (TPSA) is 53.4 Å². The molecule has 0 saturated heterocycles. The highest BCUT2D eigenvalue weighted by Gasteiger charge is 2.23. The predicted octanol–water partition coefficient (Wildman–Crippen LogP) is 3.93. The zero-order valence-corrected chi connectivity index (χ0v) is 13.1. The zero-order valence-electron chi connectivity index (χ0n) is 11.5. The fraction of sp³-hybridized carbons (Fsp3) is 0.200. The van der Waals surface area contributed by atoms with Crippen LogP contribution in [-0.4, -0.2) is 27.9 Å². The molecule has 0 unspecified atom stereocenters. The van der Waals surface area contributed by atoms with Crippen molar-refractivity contribution in [3.05, 3.63) is 57.8 Å². The molecule has 0 spiro atoms. The van der Waals surface area contributed by atoms with Crippen LogP contribution in [-0.2, 0) is 0 Å². The molecule has 0 aliphatic heterocycles. The Balaban J connectivity index is 2.30. The van der Waals surface area contributed by atoms with Crippen LogP contribution in [0, 0.1) is 0 Å². The summed E-state index contributed by atoms with van der Waals surface area (Å²) in [6.45, 7) is 1.88. The molecule has 1 aromatic heterocycles. The van der Waals surface area contributed by atoms with Crippen LogP contribution in [0.1, 0.15) is 28.9 Å². The van der Waals surface area contributed by atoms with Gasteiger partial charge < -0.3 is 10.0 Å². The lowest BCUT2D eigenvalue weighted by molar-refractivity contribution is 0.0739. The van der Waals surface area contributed by atoms with Gasteiger partial charge in [0.25, 0.3) is 5.91 Å². The number of hydrogen-bond donors (Lipinski definition) is 1. The highest BCUT2D eigenvalue weighted by Crippen LogP contribution is 2.35. The number of carbonyl (C=O) groups is 1. The average Bonchev–Trinajstić information content (AvgIpc) is 2.51. The van der Waals surface area contributed by atoms with E-state index in [0.29, 0.717) is 0 Å². The third kappa shape index (κ3) is 3.12. The van der Waals surface area contributed by atoms with Gasteiger partial charge in [-0.15, -0.1) is 0 Å². The minimum atomic E-state index is -0.345. The van der Waals surface area contributed by atoms with Crippen LogP contribution in [0.5, 0.6) is 5.75 Å². The third-order valence-corrected chi connectivity index (χ3v) is 4.16. The molecule has 6 heteroatoms. The molecular weight excluding hydrogens is 311 g/mol. The van der Waals surface area contributed by atoms with Crippen LogP contribution in [0.4, 0.5) is 0 Å². The lowest BCUT2D eigenvalue weighted by atomic mass is 10.1. The smallest absolute Gasteiger partial charge is 0.257 e. The summed E-state index contributed by atoms with van der Waals surface area (Å²) in [4.78, 5) is 18.0. The largest absolute Gasteiger partial charge is 0.505 e. The van der Waals surface area contributed by atoms with E-state index in [1.807, 2.05) is 13.0 Å². The summed E-state index contributed by atoms with van der Waals surface area (Å²) in [5, 5.41) is 10.2. The number of amides is 1. The second-order valence-corrected chi connectivity index (χ2v) is 5.42. The standard InChI is InChI=1S/C15H14Cl2N2O2/c1-9(10-4-3-7-18-8-10)19(2)15(21)11-5-6-12(16)13(17)14(11)20/h3-9,20H,1-2H3/t9-/m1/s1. The lowest BCUT2D eigenvalue weighted by Crippen LogP contribution is -2.29. The van der Waals surface area contributed by atoms with Gasteiger partial charge in [-0.3, -0.25) is 9.78 Å². The number of hydrogen-bond acceptors (Lipinski definition) is 3. The maximum Gasteiger partial charge on any atom is 0.257 e. The Morgan fingerprint density at radius 2 is 2.05 bits per heavy atom. The number of nitrogens with zero attached hydrogens (tertiary/aromatic N) is 2. The molecular formula is C15H14Cl2N2O2. The van der Waals surface area contributed by atoms with E-state index in [4.69, 9.17) is 23.2 Å². The number of phenolic OH excluding ortho intramolecular Hbond substituents is 1. The van der Waals surface area contributed by atoms with E-state index in [-0.39, 0.29) is 33.3 Å². The second kappa shape index (κ2) is 6.33. The van der Waals surface area contributed by atoms with Crippen molar-refractivity contribution in [2.45, 2.75) is 13.0 Å². The average molecular weight is 325 g/mol. The van der Waals surface area contributed by atoms with Gasteiger partial charge in [-0.05, 0) is 30.7 Å². The number of halogens is 2. The minimum Gasteiger partial charge on any atom is -0.505 e. The summed E-state index contributed by atoms with van der Waals surface area (Å²) in [5.41, 5.74) is 1.01. The van der Waals surface area contributed by atoms with Crippen molar-refractivity contribution in [2.24, 2.45) is 0 Å². The number of rotatable bonds is 3. The van der Waals surface area contributed by atoms with Crippen molar-refractivity contribution in [3.8, 4) is 5.75 Å². The Kier molecular flexibility index (Phi) is 4.70. The summed E-state index contributed by atoms with van der Waals surface area (Å²) < 4.78 is 0. The zero-order chi connectivity index (χ0) is 15.6. The molecule has 0 aliphatic carbocycles. The molecule has 1 atom stereocenters. The molecule has 1 N–H and O–H groups in total. The lowest BCUT2D eigenvalue weighted by Gasteiger charge is -2.25. The Morgan fingerprint density at radius 1 is 1.33 bits per heavy atom. The van der Waals surface area contributed by atoms with Crippen LogP contribution in [0.25, 0.3) is 0 Å². The highest BCUT2D eigenvalue weighted by molar-refractivity contribution is 6.43. The predicted molar refractivity (Wildman–Crippen MR) is 82.9 cm³/mol. The first-order chi connectivity index (χ1) is 9.93. The Hall–Kier alpha value is -1.78. The number of aromatic nitrogens is 1. The first kappa shape index (κ1) is 15.6. The van der Waals surface area contributed by atoms with Crippen LogP contribution in [0.2, 0.25) is 10.0 Å². The van der Waals surface area contributed by atoms with Gasteiger partial charge in [0.05, 0.1) is 16.6 Å². The molecule has 1 heterocycles. The summed E-state index contributed by atoms with van der Waals surface area (Å²) in [6.07, 6.45) is 3.37. The molecule has 2 aromatic rings. The van der Waals surface area contributed by atoms with Gasteiger partial charge in [-0.2, -0.15) is 0 Å². The van der Waals surface area contributed by atoms with Gasteiger partial charge in [0.2, 0.25) is 0 Å². The maximum atomic E-state index is 12.5. The van der Waals surface area contributed by atoms with Gasteiger partial charge in [0.15, 0.2) is 0 Å². The van der Waals surface area contributed by atoms with Crippen molar-refractivity contribution in [1.82, 2.24) is 9.88 Å². The van der Waals surface area contributed by atoms with Gasteiger partial charge >= 0.3 is 0 Å². The summed E-state index contributed by atoms with van der Waals surface area (Å²) >= 11 is 11.7. The number of phenols is 1. The van der Waals surface area contributed by atoms with Crippen molar-refractivity contribution in [3.63, 3.8) is 0 Å². The van der Waals surface area contributed by atoms with Crippen LogP contribution in [0.3, 0.4) is 0 Å². The fourth-order valence-corrected chi connectivity index (χ4v) is 2.24. The van der Waals surface area contributed by atoms with E-state index in [2.05, 4.69) is 4.98 Å². The SMILES string of the molecule is C[C@H](c1cccnc1)N(C)C(=O)c1ccc(Cl)c(Cl)c1O. The minimum absolute atomic E-state index is 0.0232. The first-order valence-corrected chi connectivity index (χ1v) is 7.03. The van der Waals surface area contributed by atoms with Gasteiger partial charge in [-0.25, -0.2) is 0 Å². The van der Waals surface area contributed by atoms with Crippen LogP contribution < -0.4 is 0 Å². The summed E-state index contributed by atoms with van der Waals surface area (Å²) in [6, 6.07) is 6.44. The van der Waals surface area contributed by atoms with Crippen LogP contribution >= 0.6 is 23.2 Å².